The summed E-state index contributed by atoms with van der Waals surface area (Å²) in [5, 5.41) is 0. The largest absolute Gasteiger partial charge is 0.495 e. The Bertz CT molecular complexity index is 758. The van der Waals surface area contributed by atoms with E-state index < -0.39 is 18.3 Å². The number of hydrogen-bond donors (Lipinski definition) is 0. The zero-order valence-electron chi connectivity index (χ0n) is 19.8. The molecule has 0 radical (unpaired) electrons. The molecule has 3 heterocycles. The molecule has 0 saturated carbocycles. The van der Waals surface area contributed by atoms with Crippen molar-refractivity contribution in [2.45, 2.75) is 103 Å². The Morgan fingerprint density at radius 1 is 0.844 bits per heavy atom. The molecule has 0 bridgehead atoms. The van der Waals surface area contributed by atoms with Gasteiger partial charge in [-0.2, -0.15) is 0 Å². The maximum absolute atomic E-state index is 15.1. The summed E-state index contributed by atoms with van der Waals surface area (Å²) in [6.07, 6.45) is 5.36. The Morgan fingerprint density at radius 2 is 1.38 bits per heavy atom. The van der Waals surface area contributed by atoms with Crippen LogP contribution in [0.2, 0.25) is 0 Å². The van der Waals surface area contributed by atoms with Gasteiger partial charge in [-0.3, -0.25) is 0 Å². The molecule has 0 spiro atoms. The molecule has 0 aliphatic carbocycles. The van der Waals surface area contributed by atoms with E-state index in [4.69, 9.17) is 28.3 Å². The Labute approximate surface area is 191 Å². The lowest BCUT2D eigenvalue weighted by Crippen LogP contribution is -2.41. The molecule has 0 N–H and O–H groups in total. The Kier molecular flexibility index (Phi) is 7.59. The third-order valence-corrected chi connectivity index (χ3v) is 6.94. The maximum Gasteiger partial charge on any atom is 0.495 e. The van der Waals surface area contributed by atoms with Gasteiger partial charge in [0.2, 0.25) is 0 Å². The molecular formula is C24H36BFO6. The highest BCUT2D eigenvalue weighted by Gasteiger charge is 2.52. The fourth-order valence-electron chi connectivity index (χ4n) is 4.15. The van der Waals surface area contributed by atoms with E-state index in [1.165, 1.54) is 6.07 Å². The van der Waals surface area contributed by atoms with Gasteiger partial charge in [-0.25, -0.2) is 4.39 Å². The second-order valence-electron chi connectivity index (χ2n) is 9.94. The van der Waals surface area contributed by atoms with Crippen LogP contribution in [0.4, 0.5) is 4.39 Å². The van der Waals surface area contributed by atoms with Crippen molar-refractivity contribution < 1.29 is 32.6 Å². The summed E-state index contributed by atoms with van der Waals surface area (Å²) < 4.78 is 50.7. The molecule has 3 aliphatic rings. The predicted molar refractivity (Wildman–Crippen MR) is 119 cm³/mol. The number of benzene rings is 1. The molecule has 1 aromatic rings. The van der Waals surface area contributed by atoms with Gasteiger partial charge in [-0.15, -0.1) is 0 Å². The van der Waals surface area contributed by atoms with Gasteiger partial charge >= 0.3 is 7.12 Å². The van der Waals surface area contributed by atoms with Crippen LogP contribution in [-0.4, -0.2) is 44.1 Å². The van der Waals surface area contributed by atoms with Crippen LogP contribution < -0.4 is 5.46 Å². The molecule has 3 fully saturated rings. The summed E-state index contributed by atoms with van der Waals surface area (Å²) in [7, 11) is -0.615. The van der Waals surface area contributed by atoms with E-state index in [2.05, 4.69) is 0 Å². The highest BCUT2D eigenvalue weighted by atomic mass is 19.1. The van der Waals surface area contributed by atoms with E-state index in [1.54, 1.807) is 6.07 Å². The van der Waals surface area contributed by atoms with Crippen molar-refractivity contribution in [2.24, 2.45) is 0 Å². The van der Waals surface area contributed by atoms with E-state index in [0.717, 1.165) is 44.0 Å². The number of rotatable bonds is 7. The molecule has 3 saturated heterocycles. The Balaban J connectivity index is 1.54. The highest BCUT2D eigenvalue weighted by molar-refractivity contribution is 6.62. The average molecular weight is 450 g/mol. The number of halogens is 1. The van der Waals surface area contributed by atoms with Crippen LogP contribution in [-0.2, 0) is 41.5 Å². The van der Waals surface area contributed by atoms with Crippen molar-refractivity contribution in [3.63, 3.8) is 0 Å². The van der Waals surface area contributed by atoms with Crippen molar-refractivity contribution in [1.82, 2.24) is 0 Å². The summed E-state index contributed by atoms with van der Waals surface area (Å²) in [4.78, 5) is 0. The highest BCUT2D eigenvalue weighted by Crippen LogP contribution is 2.37. The minimum atomic E-state index is -0.615. The fourth-order valence-corrected chi connectivity index (χ4v) is 4.15. The van der Waals surface area contributed by atoms with Crippen LogP contribution in [0.1, 0.15) is 77.3 Å². The lowest BCUT2D eigenvalue weighted by Gasteiger charge is -2.32. The second kappa shape index (κ2) is 10.1. The van der Waals surface area contributed by atoms with Crippen LogP contribution in [0.15, 0.2) is 12.1 Å². The van der Waals surface area contributed by atoms with Crippen molar-refractivity contribution in [3.05, 3.63) is 29.1 Å². The molecule has 1 aromatic carbocycles. The van der Waals surface area contributed by atoms with Gasteiger partial charge in [0, 0.05) is 18.8 Å². The minimum absolute atomic E-state index is 0.135. The van der Waals surface area contributed by atoms with Gasteiger partial charge in [-0.05, 0) is 83.3 Å². The van der Waals surface area contributed by atoms with Crippen LogP contribution >= 0.6 is 0 Å². The van der Waals surface area contributed by atoms with Gasteiger partial charge in [0.25, 0.3) is 0 Å². The van der Waals surface area contributed by atoms with Gasteiger partial charge in [0.15, 0.2) is 12.6 Å². The zero-order chi connectivity index (χ0) is 22.8. The topological polar surface area (TPSA) is 55.4 Å². The Morgan fingerprint density at radius 3 is 1.88 bits per heavy atom. The number of ether oxygens (including phenoxy) is 4. The van der Waals surface area contributed by atoms with Gasteiger partial charge < -0.3 is 28.3 Å². The van der Waals surface area contributed by atoms with E-state index in [1.807, 2.05) is 27.7 Å². The zero-order valence-corrected chi connectivity index (χ0v) is 19.8. The molecule has 4 rings (SSSR count). The molecule has 32 heavy (non-hydrogen) atoms. The third-order valence-electron chi connectivity index (χ3n) is 6.94. The van der Waals surface area contributed by atoms with Crippen molar-refractivity contribution in [3.8, 4) is 0 Å². The van der Waals surface area contributed by atoms with E-state index in [9.17, 15) is 0 Å². The summed E-state index contributed by atoms with van der Waals surface area (Å²) in [6, 6.07) is 3.31. The van der Waals surface area contributed by atoms with E-state index >= 15 is 4.39 Å². The lowest BCUT2D eigenvalue weighted by molar-refractivity contribution is -0.169. The molecule has 178 valence electrons. The van der Waals surface area contributed by atoms with Crippen LogP contribution in [0.5, 0.6) is 0 Å². The van der Waals surface area contributed by atoms with Crippen LogP contribution in [0.3, 0.4) is 0 Å². The molecule has 2 atom stereocenters. The van der Waals surface area contributed by atoms with Gasteiger partial charge in [0.1, 0.15) is 5.82 Å². The SMILES string of the molecule is CC1(C)OB(c2cc(COC3CCCCO3)c(F)cc2COC2CCCCO2)OC1(C)C. The van der Waals surface area contributed by atoms with Gasteiger partial charge in [0.05, 0.1) is 24.4 Å². The van der Waals surface area contributed by atoms with Crippen LogP contribution in [0, 0.1) is 5.82 Å². The summed E-state index contributed by atoms with van der Waals surface area (Å²) in [5.41, 5.74) is 0.936. The monoisotopic (exact) mass is 450 g/mol. The second-order valence-corrected chi connectivity index (χ2v) is 9.94. The smallest absolute Gasteiger partial charge is 0.399 e. The Hall–Kier alpha value is -1.03. The predicted octanol–water partition coefficient (Wildman–Crippen LogP) is 4.21. The molecule has 6 nitrogen and oxygen atoms in total. The fraction of sp³-hybridized carbons (Fsp3) is 0.750. The molecule has 0 amide bonds. The normalized spacial score (nSPS) is 27.6. The molecule has 2 unspecified atom stereocenters. The lowest BCUT2D eigenvalue weighted by atomic mass is 9.75. The first-order valence-corrected chi connectivity index (χ1v) is 11.9. The van der Waals surface area contributed by atoms with E-state index in [0.29, 0.717) is 24.3 Å². The standard InChI is InChI=1S/C24H36BFO6/c1-23(2)24(3,4)32-25(31-23)19-13-18(16-30-22-10-6-8-12-28-22)20(26)14-17(19)15-29-21-9-5-7-11-27-21/h13-14,21-22H,5-12,15-16H2,1-4H3. The minimum Gasteiger partial charge on any atom is -0.399 e. The molecule has 0 aromatic heterocycles. The van der Waals surface area contributed by atoms with E-state index in [-0.39, 0.29) is 31.6 Å². The van der Waals surface area contributed by atoms with Crippen molar-refractivity contribution >= 4 is 12.6 Å². The quantitative estimate of drug-likeness (QED) is 0.581. The van der Waals surface area contributed by atoms with Gasteiger partial charge in [-0.1, -0.05) is 6.07 Å². The first-order chi connectivity index (χ1) is 15.2. The maximum atomic E-state index is 15.1. The summed E-state index contributed by atoms with van der Waals surface area (Å²) >= 11 is 0. The van der Waals surface area contributed by atoms with Crippen molar-refractivity contribution in [1.29, 1.82) is 0 Å². The molecular weight excluding hydrogens is 414 g/mol. The first-order valence-electron chi connectivity index (χ1n) is 11.9. The third kappa shape index (κ3) is 5.54. The first kappa shape index (κ1) is 24.1. The van der Waals surface area contributed by atoms with Crippen molar-refractivity contribution in [2.75, 3.05) is 13.2 Å². The molecule has 3 aliphatic heterocycles. The average Bonchev–Trinajstić information content (AvgIpc) is 2.99. The van der Waals surface area contributed by atoms with Crippen LogP contribution in [0.25, 0.3) is 0 Å². The summed E-state index contributed by atoms with van der Waals surface area (Å²) in [6.45, 7) is 9.78. The number of hydrogen-bond acceptors (Lipinski definition) is 6. The summed E-state index contributed by atoms with van der Waals surface area (Å²) in [5.74, 6) is -0.329. The molecule has 8 heteroatoms.